The Hall–Kier alpha value is -1.39. The molecule has 1 aromatic heterocycles. The van der Waals surface area contributed by atoms with E-state index in [9.17, 15) is 4.39 Å². The second-order valence-electron chi connectivity index (χ2n) is 3.62. The summed E-state index contributed by atoms with van der Waals surface area (Å²) >= 11 is 1.61. The minimum atomic E-state index is -0.457. The van der Waals surface area contributed by atoms with Gasteiger partial charge in [0.2, 0.25) is 0 Å². The highest BCUT2D eigenvalue weighted by atomic mass is 32.2. The summed E-state index contributed by atoms with van der Waals surface area (Å²) in [6.45, 7) is 0. The molecule has 4 heteroatoms. The van der Waals surface area contributed by atoms with Crippen LogP contribution in [-0.2, 0) is 0 Å². The maximum Gasteiger partial charge on any atom is 0.146 e. The number of hydrogen-bond donors (Lipinski definition) is 1. The molecule has 0 saturated heterocycles. The van der Waals surface area contributed by atoms with Crippen LogP contribution < -0.4 is 5.73 Å². The molecular weight excluding hydrogens is 235 g/mol. The van der Waals surface area contributed by atoms with Crippen molar-refractivity contribution in [1.29, 1.82) is 0 Å². The van der Waals surface area contributed by atoms with Gasteiger partial charge in [-0.2, -0.15) is 0 Å². The van der Waals surface area contributed by atoms with E-state index in [-0.39, 0.29) is 5.82 Å². The lowest BCUT2D eigenvalue weighted by molar-refractivity contribution is 0.592. The molecule has 0 radical (unpaired) electrons. The number of pyridine rings is 1. The van der Waals surface area contributed by atoms with Crippen molar-refractivity contribution < 1.29 is 4.39 Å². The van der Waals surface area contributed by atoms with Crippen molar-refractivity contribution in [2.75, 3.05) is 6.26 Å². The Kier molecular flexibility index (Phi) is 3.76. The summed E-state index contributed by atoms with van der Waals surface area (Å²) < 4.78 is 13.6. The van der Waals surface area contributed by atoms with Gasteiger partial charge in [0.15, 0.2) is 0 Å². The van der Waals surface area contributed by atoms with Gasteiger partial charge >= 0.3 is 0 Å². The van der Waals surface area contributed by atoms with E-state index in [1.807, 2.05) is 30.5 Å². The van der Waals surface area contributed by atoms with Crippen molar-refractivity contribution in [3.05, 3.63) is 59.7 Å². The molecule has 2 nitrogen and oxygen atoms in total. The third kappa shape index (κ3) is 2.48. The molecule has 2 rings (SSSR count). The summed E-state index contributed by atoms with van der Waals surface area (Å²) in [6, 6.07) is 8.94. The fraction of sp³-hybridized carbons (Fsp3) is 0.154. The van der Waals surface area contributed by atoms with Crippen LogP contribution in [0.2, 0.25) is 0 Å². The molecule has 17 heavy (non-hydrogen) atoms. The summed E-state index contributed by atoms with van der Waals surface area (Å²) in [7, 11) is 0. The summed E-state index contributed by atoms with van der Waals surface area (Å²) in [6.07, 6.45) is 4.73. The van der Waals surface area contributed by atoms with Crippen LogP contribution in [0.25, 0.3) is 0 Å². The number of thioether (sulfide) groups is 1. The second kappa shape index (κ2) is 5.29. The van der Waals surface area contributed by atoms with E-state index in [0.717, 1.165) is 10.5 Å². The van der Waals surface area contributed by atoms with E-state index in [1.54, 1.807) is 24.0 Å². The van der Waals surface area contributed by atoms with Crippen LogP contribution in [0, 0.1) is 5.82 Å². The van der Waals surface area contributed by atoms with Gasteiger partial charge in [-0.3, -0.25) is 4.98 Å². The number of halogens is 1. The lowest BCUT2D eigenvalue weighted by atomic mass is 10.0. The average molecular weight is 248 g/mol. The Morgan fingerprint density at radius 3 is 2.71 bits per heavy atom. The van der Waals surface area contributed by atoms with Crippen molar-refractivity contribution in [2.45, 2.75) is 10.9 Å². The van der Waals surface area contributed by atoms with Crippen molar-refractivity contribution in [3.63, 3.8) is 0 Å². The number of nitrogens with two attached hydrogens (primary N) is 1. The third-order valence-electron chi connectivity index (χ3n) is 2.61. The number of hydrogen-bond acceptors (Lipinski definition) is 3. The smallest absolute Gasteiger partial charge is 0.146 e. The molecule has 0 aliphatic carbocycles. The van der Waals surface area contributed by atoms with Gasteiger partial charge in [-0.15, -0.1) is 11.8 Å². The fourth-order valence-corrected chi connectivity index (χ4v) is 2.37. The lowest BCUT2D eigenvalue weighted by Gasteiger charge is -2.16. The Morgan fingerprint density at radius 2 is 2.00 bits per heavy atom. The normalized spacial score (nSPS) is 12.4. The molecule has 0 aliphatic heterocycles. The van der Waals surface area contributed by atoms with Crippen LogP contribution in [-0.4, -0.2) is 11.2 Å². The van der Waals surface area contributed by atoms with Crippen LogP contribution >= 0.6 is 11.8 Å². The molecule has 1 aromatic carbocycles. The van der Waals surface area contributed by atoms with Crippen LogP contribution in [0.15, 0.2) is 47.6 Å². The van der Waals surface area contributed by atoms with E-state index in [1.165, 1.54) is 6.20 Å². The number of aromatic nitrogens is 1. The zero-order chi connectivity index (χ0) is 12.3. The van der Waals surface area contributed by atoms with Crippen LogP contribution in [0.4, 0.5) is 4.39 Å². The van der Waals surface area contributed by atoms with E-state index in [0.29, 0.717) is 5.56 Å². The van der Waals surface area contributed by atoms with Gasteiger partial charge in [0.1, 0.15) is 5.82 Å². The highest BCUT2D eigenvalue weighted by Gasteiger charge is 2.15. The van der Waals surface area contributed by atoms with Crippen LogP contribution in [0.1, 0.15) is 17.2 Å². The van der Waals surface area contributed by atoms with E-state index >= 15 is 0 Å². The Balaban J connectivity index is 2.44. The molecule has 1 atom stereocenters. The van der Waals surface area contributed by atoms with Gasteiger partial charge in [0, 0.05) is 16.7 Å². The molecule has 2 N–H and O–H groups in total. The maximum absolute atomic E-state index is 13.6. The molecule has 0 spiro atoms. The topological polar surface area (TPSA) is 38.9 Å². The van der Waals surface area contributed by atoms with Crippen molar-refractivity contribution >= 4 is 11.8 Å². The fourth-order valence-electron chi connectivity index (χ4n) is 1.73. The molecule has 0 fully saturated rings. The summed E-state index contributed by atoms with van der Waals surface area (Å²) in [5, 5.41) is 0. The predicted octanol–water partition coefficient (Wildman–Crippen LogP) is 2.99. The van der Waals surface area contributed by atoms with Crippen molar-refractivity contribution in [3.8, 4) is 0 Å². The van der Waals surface area contributed by atoms with Gasteiger partial charge in [-0.25, -0.2) is 4.39 Å². The van der Waals surface area contributed by atoms with Gasteiger partial charge in [-0.05, 0) is 24.0 Å². The Bertz CT molecular complexity index is 516. The molecule has 0 saturated carbocycles. The standard InChI is InChI=1S/C13H13FN2S/c1-17-12-5-3-2-4-10(12)13(15)9-6-7-16-8-11(9)14/h2-8,13H,15H2,1H3. The number of nitrogens with zero attached hydrogens (tertiary/aromatic N) is 1. The van der Waals surface area contributed by atoms with Crippen LogP contribution in [0.3, 0.4) is 0 Å². The molecular formula is C13H13FN2S. The Morgan fingerprint density at radius 1 is 1.24 bits per heavy atom. The maximum atomic E-state index is 13.6. The molecule has 1 heterocycles. The van der Waals surface area contributed by atoms with Gasteiger partial charge in [-0.1, -0.05) is 18.2 Å². The first-order valence-electron chi connectivity index (χ1n) is 5.22. The number of benzene rings is 1. The number of rotatable bonds is 3. The van der Waals surface area contributed by atoms with Gasteiger partial charge in [0.25, 0.3) is 0 Å². The SMILES string of the molecule is CSc1ccccc1C(N)c1ccncc1F. The van der Waals surface area contributed by atoms with Crippen molar-refractivity contribution in [1.82, 2.24) is 4.98 Å². The zero-order valence-electron chi connectivity index (χ0n) is 9.43. The highest BCUT2D eigenvalue weighted by molar-refractivity contribution is 7.98. The van der Waals surface area contributed by atoms with Crippen LogP contribution in [0.5, 0.6) is 0 Å². The summed E-state index contributed by atoms with van der Waals surface area (Å²) in [5.74, 6) is -0.365. The molecule has 0 aliphatic rings. The monoisotopic (exact) mass is 248 g/mol. The highest BCUT2D eigenvalue weighted by Crippen LogP contribution is 2.29. The quantitative estimate of drug-likeness (QED) is 0.849. The molecule has 0 amide bonds. The minimum absolute atomic E-state index is 0.365. The first kappa shape index (κ1) is 12.1. The molecule has 0 bridgehead atoms. The molecule has 2 aromatic rings. The first-order chi connectivity index (χ1) is 8.24. The van der Waals surface area contributed by atoms with E-state index < -0.39 is 6.04 Å². The second-order valence-corrected chi connectivity index (χ2v) is 4.46. The van der Waals surface area contributed by atoms with E-state index in [2.05, 4.69) is 4.98 Å². The zero-order valence-corrected chi connectivity index (χ0v) is 10.2. The lowest BCUT2D eigenvalue weighted by Crippen LogP contribution is -2.14. The van der Waals surface area contributed by atoms with Gasteiger partial charge < -0.3 is 5.73 Å². The van der Waals surface area contributed by atoms with E-state index in [4.69, 9.17) is 5.73 Å². The molecule has 1 unspecified atom stereocenters. The summed E-state index contributed by atoms with van der Waals surface area (Å²) in [5.41, 5.74) is 7.52. The largest absolute Gasteiger partial charge is 0.320 e. The Labute approximate surface area is 104 Å². The third-order valence-corrected chi connectivity index (χ3v) is 3.42. The summed E-state index contributed by atoms with van der Waals surface area (Å²) in [4.78, 5) is 4.79. The molecule has 88 valence electrons. The predicted molar refractivity (Wildman–Crippen MR) is 68.4 cm³/mol. The van der Waals surface area contributed by atoms with Gasteiger partial charge in [0.05, 0.1) is 12.2 Å². The average Bonchev–Trinajstić information content (AvgIpc) is 2.38. The first-order valence-corrected chi connectivity index (χ1v) is 6.44. The van der Waals surface area contributed by atoms with Crippen molar-refractivity contribution in [2.24, 2.45) is 5.73 Å². The minimum Gasteiger partial charge on any atom is -0.320 e.